The highest BCUT2D eigenvalue weighted by Gasteiger charge is 2.29. The molecule has 1 aromatic heterocycles. The Labute approximate surface area is 151 Å². The molecule has 0 radical (unpaired) electrons. The molecule has 0 spiro atoms. The van der Waals surface area contributed by atoms with E-state index in [1.165, 1.54) is 12.8 Å². The highest BCUT2D eigenvalue weighted by Crippen LogP contribution is 2.34. The van der Waals surface area contributed by atoms with Gasteiger partial charge in [0.05, 0.1) is 19.0 Å². The SMILES string of the molecule is O=C(Cc1ccccc1Cl)N1CCN(Cc2nnnn2C2CC2)CC1. The van der Waals surface area contributed by atoms with Crippen molar-refractivity contribution in [1.29, 1.82) is 0 Å². The van der Waals surface area contributed by atoms with Crippen molar-refractivity contribution in [3.05, 3.63) is 40.7 Å². The van der Waals surface area contributed by atoms with E-state index < -0.39 is 0 Å². The van der Waals surface area contributed by atoms with Crippen LogP contribution in [0.3, 0.4) is 0 Å². The number of amides is 1. The zero-order chi connectivity index (χ0) is 17.2. The predicted octanol–water partition coefficient (Wildman–Crippen LogP) is 1.55. The highest BCUT2D eigenvalue weighted by molar-refractivity contribution is 6.31. The predicted molar refractivity (Wildman–Crippen MR) is 93.1 cm³/mol. The first-order valence-corrected chi connectivity index (χ1v) is 9.09. The molecule has 0 unspecified atom stereocenters. The minimum Gasteiger partial charge on any atom is -0.340 e. The molecule has 1 aromatic carbocycles. The summed E-state index contributed by atoms with van der Waals surface area (Å²) in [7, 11) is 0. The molecule has 2 aromatic rings. The second-order valence-electron chi connectivity index (χ2n) is 6.70. The summed E-state index contributed by atoms with van der Waals surface area (Å²) in [6.07, 6.45) is 2.70. The Hall–Kier alpha value is -1.99. The van der Waals surface area contributed by atoms with Crippen molar-refractivity contribution in [1.82, 2.24) is 30.0 Å². The number of carbonyl (C=O) groups is 1. The van der Waals surface area contributed by atoms with Crippen LogP contribution >= 0.6 is 11.6 Å². The van der Waals surface area contributed by atoms with E-state index in [2.05, 4.69) is 20.4 Å². The van der Waals surface area contributed by atoms with Crippen LogP contribution < -0.4 is 0 Å². The van der Waals surface area contributed by atoms with Gasteiger partial charge < -0.3 is 4.90 Å². The van der Waals surface area contributed by atoms with E-state index in [9.17, 15) is 4.79 Å². The summed E-state index contributed by atoms with van der Waals surface area (Å²) in [5, 5.41) is 12.7. The molecule has 4 rings (SSSR count). The van der Waals surface area contributed by atoms with Crippen LogP contribution in [0.1, 0.15) is 30.3 Å². The molecular formula is C17H21ClN6O. The molecule has 1 saturated carbocycles. The molecule has 7 nitrogen and oxygen atoms in total. The number of nitrogens with zero attached hydrogens (tertiary/aromatic N) is 6. The van der Waals surface area contributed by atoms with Crippen molar-refractivity contribution in [2.45, 2.75) is 31.8 Å². The average molecular weight is 361 g/mol. The van der Waals surface area contributed by atoms with Gasteiger partial charge in [0, 0.05) is 31.2 Å². The van der Waals surface area contributed by atoms with E-state index in [1.807, 2.05) is 33.8 Å². The highest BCUT2D eigenvalue weighted by atomic mass is 35.5. The van der Waals surface area contributed by atoms with E-state index in [-0.39, 0.29) is 5.91 Å². The summed E-state index contributed by atoms with van der Waals surface area (Å²) in [6.45, 7) is 3.89. The summed E-state index contributed by atoms with van der Waals surface area (Å²) in [5.41, 5.74) is 0.889. The zero-order valence-electron chi connectivity index (χ0n) is 14.0. The van der Waals surface area contributed by atoms with Crippen molar-refractivity contribution in [2.24, 2.45) is 0 Å². The van der Waals surface area contributed by atoms with Crippen LogP contribution in [-0.2, 0) is 17.8 Å². The molecule has 0 N–H and O–H groups in total. The van der Waals surface area contributed by atoms with Crippen LogP contribution in [0.4, 0.5) is 0 Å². The van der Waals surface area contributed by atoms with Crippen LogP contribution in [0, 0.1) is 0 Å². The third-order valence-corrected chi connectivity index (χ3v) is 5.21. The number of aromatic nitrogens is 4. The van der Waals surface area contributed by atoms with Gasteiger partial charge in [0.2, 0.25) is 5.91 Å². The molecule has 25 heavy (non-hydrogen) atoms. The molecule has 2 heterocycles. The van der Waals surface area contributed by atoms with Crippen LogP contribution in [0.25, 0.3) is 0 Å². The number of rotatable bonds is 5. The van der Waals surface area contributed by atoms with Crippen molar-refractivity contribution in [2.75, 3.05) is 26.2 Å². The zero-order valence-corrected chi connectivity index (χ0v) is 14.8. The van der Waals surface area contributed by atoms with Gasteiger partial charge in [-0.05, 0) is 34.9 Å². The number of hydrogen-bond acceptors (Lipinski definition) is 5. The summed E-state index contributed by atoms with van der Waals surface area (Å²) in [4.78, 5) is 16.7. The number of hydrogen-bond donors (Lipinski definition) is 0. The Morgan fingerprint density at radius 2 is 1.92 bits per heavy atom. The fourth-order valence-electron chi connectivity index (χ4n) is 3.19. The normalized spacial score (nSPS) is 18.5. The molecule has 1 aliphatic carbocycles. The Balaban J connectivity index is 1.30. The summed E-state index contributed by atoms with van der Waals surface area (Å²) >= 11 is 6.16. The lowest BCUT2D eigenvalue weighted by molar-refractivity contribution is -0.132. The van der Waals surface area contributed by atoms with Crippen molar-refractivity contribution >= 4 is 17.5 Å². The first-order chi connectivity index (χ1) is 12.2. The number of piperazine rings is 1. The topological polar surface area (TPSA) is 67.2 Å². The van der Waals surface area contributed by atoms with Gasteiger partial charge in [-0.1, -0.05) is 29.8 Å². The van der Waals surface area contributed by atoms with Gasteiger partial charge in [-0.3, -0.25) is 9.69 Å². The number of benzene rings is 1. The molecule has 2 aliphatic rings. The Bertz CT molecular complexity index is 751. The van der Waals surface area contributed by atoms with Crippen LogP contribution in [0.2, 0.25) is 5.02 Å². The second-order valence-corrected chi connectivity index (χ2v) is 7.10. The van der Waals surface area contributed by atoms with E-state index in [4.69, 9.17) is 11.6 Å². The van der Waals surface area contributed by atoms with Gasteiger partial charge in [-0.2, -0.15) is 0 Å². The molecular weight excluding hydrogens is 340 g/mol. The maximum atomic E-state index is 12.5. The first-order valence-electron chi connectivity index (χ1n) is 8.71. The summed E-state index contributed by atoms with van der Waals surface area (Å²) in [6, 6.07) is 8.02. The molecule has 0 atom stereocenters. The quantitative estimate of drug-likeness (QED) is 0.809. The van der Waals surface area contributed by atoms with E-state index in [1.54, 1.807) is 0 Å². The van der Waals surface area contributed by atoms with E-state index in [0.29, 0.717) is 17.5 Å². The van der Waals surface area contributed by atoms with Gasteiger partial charge in [0.1, 0.15) is 0 Å². The first kappa shape index (κ1) is 16.5. The molecule has 2 fully saturated rings. The fourth-order valence-corrected chi connectivity index (χ4v) is 3.39. The lowest BCUT2D eigenvalue weighted by Gasteiger charge is -2.34. The molecule has 0 bridgehead atoms. The third kappa shape index (κ3) is 3.82. The molecule has 1 amide bonds. The number of halogens is 1. The van der Waals surface area contributed by atoms with Crippen molar-refractivity contribution in [3.63, 3.8) is 0 Å². The standard InChI is InChI=1S/C17H21ClN6O/c18-15-4-2-1-3-13(15)11-17(25)23-9-7-22(8-10-23)12-16-19-20-21-24(16)14-5-6-14/h1-4,14H,5-12H2. The lowest BCUT2D eigenvalue weighted by atomic mass is 10.1. The fraction of sp³-hybridized carbons (Fsp3) is 0.529. The van der Waals surface area contributed by atoms with Crippen LogP contribution in [-0.4, -0.2) is 62.1 Å². The van der Waals surface area contributed by atoms with E-state index in [0.717, 1.165) is 44.1 Å². The Kier molecular flexibility index (Phi) is 4.67. The van der Waals surface area contributed by atoms with Crippen LogP contribution in [0.15, 0.2) is 24.3 Å². The van der Waals surface area contributed by atoms with Gasteiger partial charge in [0.15, 0.2) is 5.82 Å². The minimum absolute atomic E-state index is 0.135. The van der Waals surface area contributed by atoms with Gasteiger partial charge in [-0.25, -0.2) is 4.68 Å². The van der Waals surface area contributed by atoms with Gasteiger partial charge >= 0.3 is 0 Å². The Morgan fingerprint density at radius 1 is 1.16 bits per heavy atom. The molecule has 132 valence electrons. The maximum Gasteiger partial charge on any atom is 0.227 e. The maximum absolute atomic E-state index is 12.5. The Morgan fingerprint density at radius 3 is 2.64 bits per heavy atom. The molecule has 1 saturated heterocycles. The molecule has 8 heteroatoms. The average Bonchev–Trinajstić information content (AvgIpc) is 3.37. The van der Waals surface area contributed by atoms with E-state index >= 15 is 0 Å². The van der Waals surface area contributed by atoms with Crippen LogP contribution in [0.5, 0.6) is 0 Å². The molecule has 1 aliphatic heterocycles. The number of tetrazole rings is 1. The second kappa shape index (κ2) is 7.09. The van der Waals surface area contributed by atoms with Gasteiger partial charge in [0.25, 0.3) is 0 Å². The summed E-state index contributed by atoms with van der Waals surface area (Å²) < 4.78 is 1.95. The minimum atomic E-state index is 0.135. The monoisotopic (exact) mass is 360 g/mol. The van der Waals surface area contributed by atoms with Gasteiger partial charge in [-0.15, -0.1) is 5.10 Å². The third-order valence-electron chi connectivity index (χ3n) is 4.84. The van der Waals surface area contributed by atoms with Crippen molar-refractivity contribution in [3.8, 4) is 0 Å². The summed E-state index contributed by atoms with van der Waals surface area (Å²) in [5.74, 6) is 1.06. The smallest absolute Gasteiger partial charge is 0.227 e. The largest absolute Gasteiger partial charge is 0.340 e. The van der Waals surface area contributed by atoms with Crippen molar-refractivity contribution < 1.29 is 4.79 Å². The lowest BCUT2D eigenvalue weighted by Crippen LogP contribution is -2.49. The number of carbonyl (C=O) groups excluding carboxylic acids is 1.